The quantitative estimate of drug-likeness (QED) is 0.357. The molecule has 0 fully saturated rings. The third-order valence-electron chi connectivity index (χ3n) is 0.422. The van der Waals surface area contributed by atoms with Crippen molar-refractivity contribution in [3.8, 4) is 0 Å². The smallest absolute Gasteiger partial charge is 0.0129 e. The van der Waals surface area contributed by atoms with Crippen molar-refractivity contribution >= 4 is 6.21 Å². The van der Waals surface area contributed by atoms with Crippen LogP contribution in [0.3, 0.4) is 0 Å². The summed E-state index contributed by atoms with van der Waals surface area (Å²) in [4.78, 5) is 3.74. The summed E-state index contributed by atoms with van der Waals surface area (Å²) in [5.41, 5.74) is 0. The zero-order valence-electron chi connectivity index (χ0n) is 2.31. The lowest BCUT2D eigenvalue weighted by atomic mass is 10.4. The summed E-state index contributed by atoms with van der Waals surface area (Å²) in [6, 6.07) is 0. The van der Waals surface area contributed by atoms with Gasteiger partial charge in [-0.1, -0.05) is 0 Å². The van der Waals surface area contributed by atoms with Gasteiger partial charge in [0.15, 0.2) is 0 Å². The first kappa shape index (κ1) is 1.94. The van der Waals surface area contributed by atoms with E-state index in [1.54, 1.807) is 6.21 Å². The summed E-state index contributed by atoms with van der Waals surface area (Å²) >= 11 is 0. The Morgan fingerprint density at radius 2 is 2.00 bits per heavy atom. The summed E-state index contributed by atoms with van der Waals surface area (Å²) in [6.45, 7) is 0.944. The molecule has 0 aromatic heterocycles. The highest BCUT2D eigenvalue weighted by molar-refractivity contribution is 5.71. The van der Waals surface area contributed by atoms with E-state index in [1.165, 1.54) is 0 Å². The molecule has 0 saturated carbocycles. The highest BCUT2D eigenvalue weighted by Crippen LogP contribution is 1.69. The van der Waals surface area contributed by atoms with Gasteiger partial charge >= 0.3 is 0 Å². The lowest BCUT2D eigenvalue weighted by molar-refractivity contribution is 1.02. The summed E-state index contributed by atoms with van der Waals surface area (Å²) in [5.74, 6) is 0. The van der Waals surface area contributed by atoms with E-state index in [0.717, 1.165) is 6.54 Å². The molecule has 0 amide bonds. The van der Waals surface area contributed by atoms with Crippen molar-refractivity contribution in [2.75, 3.05) is 6.54 Å². The summed E-state index contributed by atoms with van der Waals surface area (Å²) in [6.07, 6.45) is 3.82. The Bertz CT molecular complexity index is 32.5. The predicted molar refractivity (Wildman–Crippen MR) is 17.4 cm³/mol. The van der Waals surface area contributed by atoms with Crippen LogP contribution in [0, 0.1) is 6.42 Å². The van der Waals surface area contributed by atoms with Crippen LogP contribution in [0.15, 0.2) is 0 Å². The Hall–Kier alpha value is -0.330. The molecule has 1 heterocycles. The highest BCUT2D eigenvalue weighted by atomic mass is 14.7. The van der Waals surface area contributed by atoms with Crippen LogP contribution in [0.4, 0.5) is 0 Å². The van der Waals surface area contributed by atoms with E-state index in [9.17, 15) is 0 Å². The van der Waals surface area contributed by atoms with E-state index in [0.29, 0.717) is 0 Å². The fourth-order valence-corrected chi connectivity index (χ4v) is 0.105. The van der Waals surface area contributed by atoms with E-state index in [4.69, 9.17) is 0 Å². The second kappa shape index (κ2) is 0.553. The van der Waals surface area contributed by atoms with Crippen molar-refractivity contribution in [3.05, 3.63) is 6.42 Å². The molecule has 0 N–H and O–H groups in total. The van der Waals surface area contributed by atoms with Crippen molar-refractivity contribution in [1.82, 2.24) is 4.99 Å². The Balaban J connectivity index is 2.47. The molecule has 0 aromatic carbocycles. The molecular formula is C3H4N+. The summed E-state index contributed by atoms with van der Waals surface area (Å²) in [5, 5.41) is 0. The number of rotatable bonds is 0. The zero-order valence-corrected chi connectivity index (χ0v) is 2.31. The molecule has 1 heteroatoms. The molecular weight excluding hydrogens is 50.0 g/mol. The number of nitrogens with zero attached hydrogens (tertiary/aromatic N) is 1. The second-order valence-corrected chi connectivity index (χ2v) is 0.750. The summed E-state index contributed by atoms with van der Waals surface area (Å²) in [7, 11) is 0. The normalized spacial score (nSPS) is 20.0. The minimum absolute atomic E-state index is 0.944. The maximum absolute atomic E-state index is 3.74. The minimum atomic E-state index is 0.944. The highest BCUT2D eigenvalue weighted by Gasteiger charge is 2.02. The Kier molecular flexibility index (Phi) is 0.268. The molecule has 2 radical (unpaired) electrons. The van der Waals surface area contributed by atoms with Crippen LogP contribution in [0.5, 0.6) is 0 Å². The Labute approximate surface area is 25.4 Å². The first-order chi connectivity index (χ1) is 2.00. The third-order valence-corrected chi connectivity index (χ3v) is 0.422. The van der Waals surface area contributed by atoms with Crippen LogP contribution >= 0.6 is 0 Å². The number of hydrogen-bond acceptors (Lipinski definition) is 1. The Morgan fingerprint density at radius 1 is 1.75 bits per heavy atom. The molecule has 1 nitrogen and oxygen atoms in total. The lowest BCUT2D eigenvalue weighted by Crippen LogP contribution is -2.08. The first-order valence-corrected chi connectivity index (χ1v) is 1.32. The van der Waals surface area contributed by atoms with Gasteiger partial charge in [0.2, 0.25) is 12.8 Å². The molecule has 1 aliphatic rings. The maximum Gasteiger partial charge on any atom is 0.223 e. The topological polar surface area (TPSA) is 14.1 Å². The molecule has 1 rings (SSSR count). The van der Waals surface area contributed by atoms with Gasteiger partial charge in [-0.2, -0.15) is 0 Å². The largest absolute Gasteiger partial charge is 0.223 e. The van der Waals surface area contributed by atoms with Crippen molar-refractivity contribution < 1.29 is 0 Å². The monoisotopic (exact) mass is 54.0 g/mol. The van der Waals surface area contributed by atoms with Crippen LogP contribution < -0.4 is 4.99 Å². The van der Waals surface area contributed by atoms with Crippen molar-refractivity contribution in [3.63, 3.8) is 0 Å². The van der Waals surface area contributed by atoms with Crippen molar-refractivity contribution in [2.24, 2.45) is 0 Å². The molecule has 0 atom stereocenters. The van der Waals surface area contributed by atoms with Gasteiger partial charge < -0.3 is 0 Å². The molecule has 4 heavy (non-hydrogen) atoms. The van der Waals surface area contributed by atoms with Crippen LogP contribution in [-0.4, -0.2) is 12.8 Å². The molecule has 0 bridgehead atoms. The van der Waals surface area contributed by atoms with Gasteiger partial charge in [0.1, 0.15) is 6.42 Å². The maximum atomic E-state index is 3.74. The first-order valence-electron chi connectivity index (χ1n) is 1.32. The third kappa shape index (κ3) is 0.0557. The molecule has 1 aliphatic heterocycles. The SMILES string of the molecule is [CH]1C=[N+]C1. The second-order valence-electron chi connectivity index (χ2n) is 0.750. The fraction of sp³-hybridized carbons (Fsp3) is 0.333. The zero-order chi connectivity index (χ0) is 2.83. The number of hydrogen-bond donors (Lipinski definition) is 0. The molecule has 0 aromatic rings. The van der Waals surface area contributed by atoms with Crippen molar-refractivity contribution in [2.45, 2.75) is 0 Å². The van der Waals surface area contributed by atoms with Gasteiger partial charge in [-0.3, -0.25) is 0 Å². The Morgan fingerprint density at radius 3 is 2.00 bits per heavy atom. The van der Waals surface area contributed by atoms with Gasteiger partial charge in [-0.15, -0.1) is 0 Å². The van der Waals surface area contributed by atoms with E-state index in [-0.39, 0.29) is 0 Å². The lowest BCUT2D eigenvalue weighted by Gasteiger charge is -1.72. The summed E-state index contributed by atoms with van der Waals surface area (Å²) < 4.78 is 0. The minimum Gasteiger partial charge on any atom is 0.0129 e. The van der Waals surface area contributed by atoms with Crippen LogP contribution in [0.1, 0.15) is 0 Å². The van der Waals surface area contributed by atoms with Crippen molar-refractivity contribution in [1.29, 1.82) is 0 Å². The molecule has 0 aliphatic carbocycles. The van der Waals surface area contributed by atoms with Gasteiger partial charge in [0.05, 0.1) is 0 Å². The van der Waals surface area contributed by atoms with Gasteiger partial charge in [-0.05, 0) is 0 Å². The molecule has 0 spiro atoms. The van der Waals surface area contributed by atoms with Gasteiger partial charge in [0, 0.05) is 4.99 Å². The molecule has 20 valence electrons. The molecule has 0 unspecified atom stereocenters. The fourth-order valence-electron chi connectivity index (χ4n) is 0.105. The predicted octanol–water partition coefficient (Wildman–Crippen LogP) is -0.389. The number of aliphatic imine (C=N–C) groups is 1. The van der Waals surface area contributed by atoms with E-state index in [1.807, 2.05) is 6.42 Å². The van der Waals surface area contributed by atoms with Gasteiger partial charge in [0.25, 0.3) is 0 Å². The average molecular weight is 54.1 g/mol. The standard InChI is InChI=1S/C3H4N/c1-2-4-3-1/h1-2H,3H2/q+1. The van der Waals surface area contributed by atoms with Crippen LogP contribution in [0.2, 0.25) is 0 Å². The van der Waals surface area contributed by atoms with E-state index < -0.39 is 0 Å². The average Bonchev–Trinajstić information content (AvgIpc) is 0.722. The van der Waals surface area contributed by atoms with Gasteiger partial charge in [-0.25, -0.2) is 0 Å². The van der Waals surface area contributed by atoms with Crippen LogP contribution in [-0.2, 0) is 0 Å². The molecule has 0 saturated heterocycles. The van der Waals surface area contributed by atoms with E-state index in [2.05, 4.69) is 4.99 Å². The van der Waals surface area contributed by atoms with E-state index >= 15 is 0 Å². The van der Waals surface area contributed by atoms with Crippen LogP contribution in [0.25, 0.3) is 0 Å².